The number of diazo groups is 1. The molecule has 0 saturated carbocycles. The summed E-state index contributed by atoms with van der Waals surface area (Å²) in [5, 5.41) is 8.77. The molecule has 0 heterocycles. The van der Waals surface area contributed by atoms with Gasteiger partial charge in [0, 0.05) is 20.2 Å². The molecule has 0 aliphatic carbocycles. The fraction of sp³-hybridized carbons (Fsp3) is 0.400. The second-order valence-corrected chi connectivity index (χ2v) is 3.19. The molecule has 88 valence electrons. The van der Waals surface area contributed by atoms with Crippen molar-refractivity contribution in [1.82, 2.24) is 0 Å². The minimum Gasteiger partial charge on any atom is -1.00 e. The molecule has 0 fully saturated rings. The van der Waals surface area contributed by atoms with Gasteiger partial charge >= 0.3 is 5.69 Å². The first kappa shape index (κ1) is 14.3. The molecule has 1 aromatic carbocycles. The van der Waals surface area contributed by atoms with E-state index in [1.165, 1.54) is 7.11 Å². The van der Waals surface area contributed by atoms with Crippen molar-refractivity contribution in [2.24, 2.45) is 0 Å². The van der Waals surface area contributed by atoms with Crippen LogP contribution in [0.15, 0.2) is 12.1 Å². The average Bonchev–Trinajstić information content (AvgIpc) is 2.26. The van der Waals surface area contributed by atoms with Gasteiger partial charge in [0.25, 0.3) is 0 Å². The minimum atomic E-state index is 0. The largest absolute Gasteiger partial charge is 1.00 e. The topological polar surface area (TPSA) is 49.9 Å². The third-order valence-electron chi connectivity index (χ3n) is 2.07. The third-order valence-corrected chi connectivity index (χ3v) is 2.07. The second-order valence-electron chi connectivity index (χ2n) is 3.19. The number of ether oxygens (including phenoxy) is 2. The summed E-state index contributed by atoms with van der Waals surface area (Å²) < 4.78 is 10.3. The standard InChI is InChI=1S/C10H14N3O2.ClH/c1-13(2)8-6-9(14-3)7(12-11)5-10(8)15-4;/h5-6H,1-4H3;1H/q+1;/p-1. The molecule has 0 amide bonds. The Morgan fingerprint density at radius 3 is 2.06 bits per heavy atom. The van der Waals surface area contributed by atoms with Gasteiger partial charge in [0.15, 0.2) is 10.7 Å². The van der Waals surface area contributed by atoms with E-state index < -0.39 is 0 Å². The molecule has 5 nitrogen and oxygen atoms in total. The maximum absolute atomic E-state index is 8.77. The van der Waals surface area contributed by atoms with Gasteiger partial charge in [-0.05, 0) is 0 Å². The molecule has 0 aliphatic heterocycles. The van der Waals surface area contributed by atoms with Crippen LogP contribution in [0.25, 0.3) is 4.98 Å². The zero-order valence-electron chi connectivity index (χ0n) is 9.69. The first-order chi connectivity index (χ1) is 7.13. The molecule has 1 aromatic rings. The molecule has 0 aliphatic rings. The number of hydrogen-bond donors (Lipinski definition) is 0. The Morgan fingerprint density at radius 2 is 1.69 bits per heavy atom. The lowest BCUT2D eigenvalue weighted by atomic mass is 10.2. The number of anilines is 1. The molecule has 0 N–H and O–H groups in total. The van der Waals surface area contributed by atoms with Gasteiger partial charge in [-0.1, -0.05) is 0 Å². The highest BCUT2D eigenvalue weighted by Crippen LogP contribution is 2.39. The van der Waals surface area contributed by atoms with Gasteiger partial charge in [0.2, 0.25) is 11.1 Å². The van der Waals surface area contributed by atoms with E-state index in [-0.39, 0.29) is 12.4 Å². The number of hydrogen-bond acceptors (Lipinski definition) is 4. The molecule has 0 bridgehead atoms. The van der Waals surface area contributed by atoms with E-state index in [2.05, 4.69) is 4.98 Å². The number of methoxy groups -OCH3 is 2. The fourth-order valence-electron chi connectivity index (χ4n) is 1.29. The van der Waals surface area contributed by atoms with Crippen molar-refractivity contribution < 1.29 is 21.9 Å². The summed E-state index contributed by atoms with van der Waals surface area (Å²) in [6.07, 6.45) is 0. The van der Waals surface area contributed by atoms with Gasteiger partial charge in [0.1, 0.15) is 0 Å². The molecule has 0 atom stereocenters. The van der Waals surface area contributed by atoms with Crippen molar-refractivity contribution in [3.8, 4) is 11.5 Å². The van der Waals surface area contributed by atoms with Crippen molar-refractivity contribution in [2.75, 3.05) is 33.2 Å². The van der Waals surface area contributed by atoms with Crippen LogP contribution in [0.3, 0.4) is 0 Å². The number of halogens is 1. The van der Waals surface area contributed by atoms with Gasteiger partial charge in [-0.3, -0.25) is 0 Å². The first-order valence-corrected chi connectivity index (χ1v) is 4.42. The number of nitrogens with zero attached hydrogens (tertiary/aromatic N) is 3. The maximum Gasteiger partial charge on any atom is 0.430 e. The number of benzene rings is 1. The normalized spacial score (nSPS) is 8.69. The molecule has 1 rings (SSSR count). The van der Waals surface area contributed by atoms with E-state index in [0.29, 0.717) is 17.2 Å². The van der Waals surface area contributed by atoms with Crippen LogP contribution in [-0.2, 0) is 0 Å². The van der Waals surface area contributed by atoms with Crippen molar-refractivity contribution in [1.29, 1.82) is 5.39 Å². The predicted octanol–water partition coefficient (Wildman–Crippen LogP) is -0.742. The number of rotatable bonds is 3. The van der Waals surface area contributed by atoms with Gasteiger partial charge in [0.05, 0.1) is 26.0 Å². The highest BCUT2D eigenvalue weighted by atomic mass is 35.5. The van der Waals surface area contributed by atoms with Crippen LogP contribution in [0.5, 0.6) is 11.5 Å². The lowest BCUT2D eigenvalue weighted by Gasteiger charge is -2.16. The summed E-state index contributed by atoms with van der Waals surface area (Å²) in [6, 6.07) is 3.38. The molecule has 0 saturated heterocycles. The van der Waals surface area contributed by atoms with E-state index in [4.69, 9.17) is 14.9 Å². The third kappa shape index (κ3) is 2.67. The van der Waals surface area contributed by atoms with E-state index >= 15 is 0 Å². The van der Waals surface area contributed by atoms with Crippen molar-refractivity contribution in [3.05, 3.63) is 17.1 Å². The van der Waals surface area contributed by atoms with E-state index in [1.54, 1.807) is 19.2 Å². The lowest BCUT2D eigenvalue weighted by Crippen LogP contribution is -3.00. The van der Waals surface area contributed by atoms with Crippen molar-refractivity contribution >= 4 is 11.4 Å². The Morgan fingerprint density at radius 1 is 1.12 bits per heavy atom. The van der Waals surface area contributed by atoms with Crippen molar-refractivity contribution in [2.45, 2.75) is 0 Å². The summed E-state index contributed by atoms with van der Waals surface area (Å²) in [4.78, 5) is 5.02. The van der Waals surface area contributed by atoms with Crippen LogP contribution in [-0.4, -0.2) is 28.3 Å². The van der Waals surface area contributed by atoms with Crippen LogP contribution < -0.4 is 26.8 Å². The summed E-state index contributed by atoms with van der Waals surface area (Å²) >= 11 is 0. The summed E-state index contributed by atoms with van der Waals surface area (Å²) in [7, 11) is 6.88. The van der Waals surface area contributed by atoms with Gasteiger partial charge in [-0.2, -0.15) is 0 Å². The van der Waals surface area contributed by atoms with Gasteiger partial charge < -0.3 is 26.8 Å². The molecule has 6 heteroatoms. The average molecular weight is 244 g/mol. The van der Waals surface area contributed by atoms with Crippen LogP contribution >= 0.6 is 0 Å². The lowest BCUT2D eigenvalue weighted by molar-refractivity contribution is -0.00000400. The Labute approximate surface area is 101 Å². The van der Waals surface area contributed by atoms with E-state index in [9.17, 15) is 0 Å². The Bertz CT molecular complexity index is 402. The molecule has 0 aromatic heterocycles. The minimum absolute atomic E-state index is 0. The molecule has 16 heavy (non-hydrogen) atoms. The molecule has 0 radical (unpaired) electrons. The van der Waals surface area contributed by atoms with Crippen LogP contribution in [0.1, 0.15) is 0 Å². The smallest absolute Gasteiger partial charge is 0.430 e. The van der Waals surface area contributed by atoms with Crippen LogP contribution in [0.4, 0.5) is 11.4 Å². The Balaban J connectivity index is 0.00000225. The summed E-state index contributed by atoms with van der Waals surface area (Å²) in [6.45, 7) is 0. The highest BCUT2D eigenvalue weighted by molar-refractivity contribution is 5.71. The highest BCUT2D eigenvalue weighted by Gasteiger charge is 2.20. The zero-order chi connectivity index (χ0) is 11.4. The zero-order valence-corrected chi connectivity index (χ0v) is 10.4. The quantitative estimate of drug-likeness (QED) is 0.656. The fourth-order valence-corrected chi connectivity index (χ4v) is 1.29. The molecule has 0 unspecified atom stereocenters. The summed E-state index contributed by atoms with van der Waals surface area (Å²) in [5.74, 6) is 1.13. The maximum atomic E-state index is 8.77. The Hall–Kier alpha value is -1.67. The SMILES string of the molecule is COc1cc(N(C)C)c(OC)cc1[N+]#N.[Cl-]. The van der Waals surface area contributed by atoms with Crippen LogP contribution in [0.2, 0.25) is 0 Å². The second kappa shape index (κ2) is 6.03. The first-order valence-electron chi connectivity index (χ1n) is 4.42. The Kier molecular flexibility index (Phi) is 5.40. The van der Waals surface area contributed by atoms with E-state index in [0.717, 1.165) is 5.69 Å². The van der Waals surface area contributed by atoms with Gasteiger partial charge in [-0.25, -0.2) is 0 Å². The predicted molar refractivity (Wildman–Crippen MR) is 58.6 cm³/mol. The van der Waals surface area contributed by atoms with Crippen LogP contribution in [0, 0.1) is 5.39 Å². The van der Waals surface area contributed by atoms with E-state index in [1.807, 2.05) is 19.0 Å². The molecule has 0 spiro atoms. The van der Waals surface area contributed by atoms with Crippen molar-refractivity contribution in [3.63, 3.8) is 0 Å². The monoisotopic (exact) mass is 243 g/mol. The summed E-state index contributed by atoms with van der Waals surface area (Å²) in [5.41, 5.74) is 1.21. The molecular weight excluding hydrogens is 230 g/mol. The molecular formula is C10H14ClN3O2. The van der Waals surface area contributed by atoms with Gasteiger partial charge in [-0.15, -0.1) is 0 Å².